The second-order valence-electron chi connectivity index (χ2n) is 7.52. The molecule has 0 aliphatic rings. The zero-order valence-electron chi connectivity index (χ0n) is 17.8. The highest BCUT2D eigenvalue weighted by Crippen LogP contribution is 2.09. The van der Waals surface area contributed by atoms with Gasteiger partial charge in [-0.1, -0.05) is 77.6 Å². The minimum Gasteiger partial charge on any atom is -0.465 e. The Morgan fingerprint density at radius 1 is 0.741 bits per heavy atom. The van der Waals surface area contributed by atoms with Crippen LogP contribution in [0.4, 0.5) is 0 Å². The summed E-state index contributed by atoms with van der Waals surface area (Å²) < 4.78 is 10.2. The second kappa shape index (κ2) is 19.3. The van der Waals surface area contributed by atoms with E-state index < -0.39 is 0 Å². The van der Waals surface area contributed by atoms with Gasteiger partial charge in [-0.25, -0.2) is 0 Å². The van der Waals surface area contributed by atoms with Crippen molar-refractivity contribution >= 4 is 11.9 Å². The van der Waals surface area contributed by atoms with Crippen LogP contribution in [0, 0.1) is 17.8 Å². The third kappa shape index (κ3) is 20.7. The molecule has 0 heterocycles. The molecule has 0 aliphatic heterocycles. The molecule has 0 amide bonds. The molecule has 0 saturated carbocycles. The molecule has 0 spiro atoms. The van der Waals surface area contributed by atoms with Gasteiger partial charge in [0.05, 0.1) is 6.61 Å². The number of rotatable bonds is 16. The maximum absolute atomic E-state index is 11.6. The third-order valence-corrected chi connectivity index (χ3v) is 4.18. The number of carbonyl (C=O) groups excluding carboxylic acids is 2. The summed E-state index contributed by atoms with van der Waals surface area (Å²) in [7, 11) is 0. The zero-order chi connectivity index (χ0) is 20.2. The molecule has 0 aromatic carbocycles. The van der Waals surface area contributed by atoms with Crippen LogP contribution < -0.4 is 0 Å². The molecule has 27 heavy (non-hydrogen) atoms. The van der Waals surface area contributed by atoms with Gasteiger partial charge in [0, 0.05) is 19.3 Å². The molecular formula is C23H40O4. The van der Waals surface area contributed by atoms with Crippen molar-refractivity contribution in [2.24, 2.45) is 5.92 Å². The quantitative estimate of drug-likeness (QED) is 0.192. The predicted octanol–water partition coefficient (Wildman–Crippen LogP) is 5.82. The van der Waals surface area contributed by atoms with Gasteiger partial charge in [0.25, 0.3) is 0 Å². The maximum Gasteiger partial charge on any atom is 0.306 e. The van der Waals surface area contributed by atoms with E-state index in [0.29, 0.717) is 38.2 Å². The summed E-state index contributed by atoms with van der Waals surface area (Å²) in [6.07, 6.45) is 13.2. The van der Waals surface area contributed by atoms with E-state index in [-0.39, 0.29) is 18.5 Å². The van der Waals surface area contributed by atoms with Gasteiger partial charge in [-0.05, 0) is 25.2 Å². The number of ether oxygens (including phenoxy) is 2. The van der Waals surface area contributed by atoms with E-state index in [9.17, 15) is 9.59 Å². The van der Waals surface area contributed by atoms with Crippen LogP contribution in [0.5, 0.6) is 0 Å². The van der Waals surface area contributed by atoms with Gasteiger partial charge in [0.2, 0.25) is 0 Å². The van der Waals surface area contributed by atoms with Crippen LogP contribution >= 0.6 is 0 Å². The molecule has 4 nitrogen and oxygen atoms in total. The zero-order valence-corrected chi connectivity index (χ0v) is 17.8. The van der Waals surface area contributed by atoms with Crippen molar-refractivity contribution in [3.8, 4) is 11.8 Å². The molecule has 0 radical (unpaired) electrons. The highest BCUT2D eigenvalue weighted by Gasteiger charge is 2.06. The van der Waals surface area contributed by atoms with Crippen molar-refractivity contribution in [1.82, 2.24) is 0 Å². The molecule has 0 N–H and O–H groups in total. The molecular weight excluding hydrogens is 340 g/mol. The minimum atomic E-state index is -0.244. The lowest BCUT2D eigenvalue weighted by Gasteiger charge is -2.06. The van der Waals surface area contributed by atoms with Crippen molar-refractivity contribution < 1.29 is 19.1 Å². The van der Waals surface area contributed by atoms with Crippen LogP contribution in [0.1, 0.15) is 104 Å². The molecule has 0 aromatic heterocycles. The lowest BCUT2D eigenvalue weighted by Crippen LogP contribution is -2.10. The van der Waals surface area contributed by atoms with E-state index in [0.717, 1.165) is 12.8 Å². The lowest BCUT2D eigenvalue weighted by atomic mass is 10.1. The van der Waals surface area contributed by atoms with E-state index in [1.54, 1.807) is 0 Å². The average molecular weight is 381 g/mol. The molecule has 0 saturated heterocycles. The Labute approximate surface area is 166 Å². The molecule has 0 unspecified atom stereocenters. The first-order chi connectivity index (χ1) is 13.1. The fraction of sp³-hybridized carbons (Fsp3) is 0.826. The van der Waals surface area contributed by atoms with Gasteiger partial charge in [-0.3, -0.25) is 9.59 Å². The first-order valence-corrected chi connectivity index (χ1v) is 10.8. The molecule has 0 rings (SSSR count). The smallest absolute Gasteiger partial charge is 0.306 e. The molecule has 0 aliphatic carbocycles. The fourth-order valence-corrected chi connectivity index (χ4v) is 2.55. The summed E-state index contributed by atoms with van der Waals surface area (Å²) in [5.41, 5.74) is 0. The first-order valence-electron chi connectivity index (χ1n) is 10.8. The second-order valence-corrected chi connectivity index (χ2v) is 7.52. The Morgan fingerprint density at radius 3 is 1.89 bits per heavy atom. The monoisotopic (exact) mass is 380 g/mol. The van der Waals surface area contributed by atoms with Crippen molar-refractivity contribution in [2.45, 2.75) is 104 Å². The largest absolute Gasteiger partial charge is 0.465 e. The van der Waals surface area contributed by atoms with Gasteiger partial charge < -0.3 is 9.47 Å². The van der Waals surface area contributed by atoms with E-state index in [1.807, 2.05) is 13.8 Å². The van der Waals surface area contributed by atoms with Gasteiger partial charge in [-0.15, -0.1) is 0 Å². The number of hydrogen-bond acceptors (Lipinski definition) is 4. The van der Waals surface area contributed by atoms with E-state index in [1.165, 1.54) is 44.9 Å². The van der Waals surface area contributed by atoms with Crippen LogP contribution in [-0.2, 0) is 19.1 Å². The van der Waals surface area contributed by atoms with Crippen molar-refractivity contribution in [3.63, 3.8) is 0 Å². The summed E-state index contributed by atoms with van der Waals surface area (Å²) in [5, 5.41) is 0. The molecule has 156 valence electrons. The summed E-state index contributed by atoms with van der Waals surface area (Å²) >= 11 is 0. The Kier molecular flexibility index (Phi) is 18.2. The average Bonchev–Trinajstić information content (AvgIpc) is 2.64. The van der Waals surface area contributed by atoms with Gasteiger partial charge in [-0.2, -0.15) is 0 Å². The first kappa shape index (κ1) is 25.5. The van der Waals surface area contributed by atoms with Crippen LogP contribution in [0.3, 0.4) is 0 Å². The number of carbonyl (C=O) groups is 2. The van der Waals surface area contributed by atoms with Crippen molar-refractivity contribution in [3.05, 3.63) is 0 Å². The highest BCUT2D eigenvalue weighted by atomic mass is 16.5. The summed E-state index contributed by atoms with van der Waals surface area (Å²) in [6.45, 7) is 6.87. The number of esters is 2. The van der Waals surface area contributed by atoms with E-state index in [4.69, 9.17) is 9.47 Å². The number of hydrogen-bond donors (Lipinski definition) is 0. The molecule has 0 bridgehead atoms. The Morgan fingerprint density at radius 2 is 1.30 bits per heavy atom. The Balaban J connectivity index is 3.41. The third-order valence-electron chi connectivity index (χ3n) is 4.18. The Hall–Kier alpha value is -1.50. The summed E-state index contributed by atoms with van der Waals surface area (Å²) in [5.74, 6) is 5.89. The van der Waals surface area contributed by atoms with Crippen LogP contribution in [-0.4, -0.2) is 25.2 Å². The van der Waals surface area contributed by atoms with Gasteiger partial charge in [0.1, 0.15) is 0 Å². The van der Waals surface area contributed by atoms with Crippen molar-refractivity contribution in [1.29, 1.82) is 0 Å². The lowest BCUT2D eigenvalue weighted by molar-refractivity contribution is -0.146. The highest BCUT2D eigenvalue weighted by molar-refractivity contribution is 5.70. The van der Waals surface area contributed by atoms with Gasteiger partial charge >= 0.3 is 11.9 Å². The van der Waals surface area contributed by atoms with Crippen LogP contribution in [0.25, 0.3) is 0 Å². The molecule has 0 atom stereocenters. The van der Waals surface area contributed by atoms with Gasteiger partial charge in [0.15, 0.2) is 6.61 Å². The summed E-state index contributed by atoms with van der Waals surface area (Å²) in [4.78, 5) is 23.0. The standard InChI is InChI=1S/C23H40O4/c1-4-5-6-7-8-9-10-11-12-13-16-19-26-22(24)17-14-15-18-23(25)27-20-21(2)3/h21H,4-12,14-15,17-20H2,1-3H3. The predicted molar refractivity (Wildman–Crippen MR) is 110 cm³/mol. The summed E-state index contributed by atoms with van der Waals surface area (Å²) in [6, 6.07) is 0. The SMILES string of the molecule is CCCCCCCCCCC#CCOC(=O)CCCCC(=O)OCC(C)C. The topological polar surface area (TPSA) is 52.6 Å². The fourth-order valence-electron chi connectivity index (χ4n) is 2.55. The van der Waals surface area contributed by atoms with Crippen molar-refractivity contribution in [2.75, 3.05) is 13.2 Å². The van der Waals surface area contributed by atoms with Crippen LogP contribution in [0.2, 0.25) is 0 Å². The Bertz CT molecular complexity index is 431. The maximum atomic E-state index is 11.6. The normalized spacial score (nSPS) is 10.4. The van der Waals surface area contributed by atoms with Crippen LogP contribution in [0.15, 0.2) is 0 Å². The van der Waals surface area contributed by atoms with E-state index >= 15 is 0 Å². The van der Waals surface area contributed by atoms with E-state index in [2.05, 4.69) is 18.8 Å². The molecule has 0 fully saturated rings. The number of unbranched alkanes of at least 4 members (excludes halogenated alkanes) is 9. The molecule has 4 heteroatoms. The molecule has 0 aromatic rings. The minimum absolute atomic E-state index is 0.173.